The fraction of sp³-hybridized carbons (Fsp3) is 0.167. The van der Waals surface area contributed by atoms with Crippen molar-refractivity contribution in [3.63, 3.8) is 0 Å². The second-order valence-electron chi connectivity index (χ2n) is 3.72. The van der Waals surface area contributed by atoms with Crippen molar-refractivity contribution in [1.82, 2.24) is 9.97 Å². The van der Waals surface area contributed by atoms with Crippen molar-refractivity contribution < 1.29 is 9.13 Å². The van der Waals surface area contributed by atoms with Crippen LogP contribution in [0.5, 0.6) is 11.6 Å². The van der Waals surface area contributed by atoms with E-state index in [4.69, 9.17) is 10.5 Å². The first-order valence-corrected chi connectivity index (χ1v) is 5.10. The minimum Gasteiger partial charge on any atom is -0.438 e. The molecule has 0 aliphatic heterocycles. The molecule has 0 aliphatic carbocycles. The van der Waals surface area contributed by atoms with Gasteiger partial charge in [0.15, 0.2) is 0 Å². The number of aromatic nitrogens is 2. The summed E-state index contributed by atoms with van der Waals surface area (Å²) in [7, 11) is 0. The van der Waals surface area contributed by atoms with Crippen LogP contribution in [0.2, 0.25) is 0 Å². The quantitative estimate of drug-likeness (QED) is 0.866. The summed E-state index contributed by atoms with van der Waals surface area (Å²) in [6, 6.07) is 5.97. The first kappa shape index (κ1) is 11.3. The standard InChI is InChI=1S/C12H12FN3O/c1-7-3-4-9(13)6-10(7)17-11-5-8(2)15-12(14)16-11/h3-6H,1-2H3,(H2,14,15,16). The van der Waals surface area contributed by atoms with E-state index in [-0.39, 0.29) is 11.8 Å². The lowest BCUT2D eigenvalue weighted by Gasteiger charge is -2.08. The van der Waals surface area contributed by atoms with Gasteiger partial charge in [-0.05, 0) is 25.5 Å². The van der Waals surface area contributed by atoms with Gasteiger partial charge in [-0.1, -0.05) is 6.07 Å². The molecule has 5 heteroatoms. The van der Waals surface area contributed by atoms with Crippen molar-refractivity contribution in [3.8, 4) is 11.6 Å². The number of hydrogen-bond acceptors (Lipinski definition) is 4. The van der Waals surface area contributed by atoms with E-state index in [1.165, 1.54) is 12.1 Å². The van der Waals surface area contributed by atoms with Gasteiger partial charge in [-0.3, -0.25) is 0 Å². The predicted octanol–water partition coefficient (Wildman–Crippen LogP) is 2.61. The smallest absolute Gasteiger partial charge is 0.224 e. The number of halogens is 1. The maximum Gasteiger partial charge on any atom is 0.224 e. The number of nitrogens with two attached hydrogens (primary N) is 1. The van der Waals surface area contributed by atoms with Gasteiger partial charge in [0.05, 0.1) is 0 Å². The van der Waals surface area contributed by atoms with Crippen LogP contribution < -0.4 is 10.5 Å². The fourth-order valence-electron chi connectivity index (χ4n) is 1.41. The molecular weight excluding hydrogens is 221 g/mol. The van der Waals surface area contributed by atoms with Crippen LogP contribution in [0.1, 0.15) is 11.3 Å². The van der Waals surface area contributed by atoms with Gasteiger partial charge >= 0.3 is 0 Å². The maximum absolute atomic E-state index is 13.1. The molecule has 2 aromatic rings. The third-order valence-electron chi connectivity index (χ3n) is 2.21. The number of rotatable bonds is 2. The van der Waals surface area contributed by atoms with Crippen LogP contribution in [0.15, 0.2) is 24.3 Å². The number of benzene rings is 1. The van der Waals surface area contributed by atoms with Gasteiger partial charge < -0.3 is 10.5 Å². The molecule has 1 aromatic heterocycles. The Morgan fingerprint density at radius 3 is 2.65 bits per heavy atom. The molecule has 2 N–H and O–H groups in total. The number of aryl methyl sites for hydroxylation is 2. The second-order valence-corrected chi connectivity index (χ2v) is 3.72. The summed E-state index contributed by atoms with van der Waals surface area (Å²) in [4.78, 5) is 7.85. The Morgan fingerprint density at radius 1 is 1.18 bits per heavy atom. The summed E-state index contributed by atoms with van der Waals surface area (Å²) >= 11 is 0. The van der Waals surface area contributed by atoms with Gasteiger partial charge in [-0.2, -0.15) is 4.98 Å². The summed E-state index contributed by atoms with van der Waals surface area (Å²) in [5, 5.41) is 0. The second kappa shape index (κ2) is 4.37. The molecular formula is C12H12FN3O. The SMILES string of the molecule is Cc1cc(Oc2cc(F)ccc2C)nc(N)n1. The molecule has 0 fully saturated rings. The van der Waals surface area contributed by atoms with E-state index in [2.05, 4.69) is 9.97 Å². The van der Waals surface area contributed by atoms with E-state index in [9.17, 15) is 4.39 Å². The fourth-order valence-corrected chi connectivity index (χ4v) is 1.41. The Hall–Kier alpha value is -2.17. The van der Waals surface area contributed by atoms with Crippen molar-refractivity contribution in [1.29, 1.82) is 0 Å². The third kappa shape index (κ3) is 2.69. The molecule has 0 aliphatic rings. The highest BCUT2D eigenvalue weighted by molar-refractivity contribution is 5.36. The van der Waals surface area contributed by atoms with Crippen LogP contribution >= 0.6 is 0 Å². The lowest BCUT2D eigenvalue weighted by atomic mass is 10.2. The average molecular weight is 233 g/mol. The highest BCUT2D eigenvalue weighted by Crippen LogP contribution is 2.24. The van der Waals surface area contributed by atoms with Crippen LogP contribution in [0.4, 0.5) is 10.3 Å². The average Bonchev–Trinajstić information content (AvgIpc) is 2.22. The van der Waals surface area contributed by atoms with E-state index in [0.29, 0.717) is 17.3 Å². The zero-order chi connectivity index (χ0) is 12.4. The summed E-state index contributed by atoms with van der Waals surface area (Å²) in [5.74, 6) is 0.504. The van der Waals surface area contributed by atoms with Crippen molar-refractivity contribution in [2.75, 3.05) is 5.73 Å². The number of ether oxygens (including phenoxy) is 1. The van der Waals surface area contributed by atoms with E-state index in [1.54, 1.807) is 19.1 Å². The van der Waals surface area contributed by atoms with Gasteiger partial charge in [0, 0.05) is 17.8 Å². The molecule has 0 saturated carbocycles. The van der Waals surface area contributed by atoms with Gasteiger partial charge in [0.1, 0.15) is 11.6 Å². The van der Waals surface area contributed by atoms with Crippen LogP contribution in [-0.2, 0) is 0 Å². The van der Waals surface area contributed by atoms with Crippen LogP contribution in [-0.4, -0.2) is 9.97 Å². The molecule has 0 spiro atoms. The Balaban J connectivity index is 2.34. The first-order valence-electron chi connectivity index (χ1n) is 5.10. The van der Waals surface area contributed by atoms with Crippen LogP contribution in [0, 0.1) is 19.7 Å². The highest BCUT2D eigenvalue weighted by Gasteiger charge is 2.06. The molecule has 0 unspecified atom stereocenters. The van der Waals surface area contributed by atoms with Gasteiger partial charge in [0.2, 0.25) is 11.8 Å². The van der Waals surface area contributed by atoms with E-state index >= 15 is 0 Å². The Bertz CT molecular complexity index is 537. The molecule has 4 nitrogen and oxygen atoms in total. The molecule has 0 bridgehead atoms. The topological polar surface area (TPSA) is 61.0 Å². The minimum atomic E-state index is -0.357. The number of nitrogen functional groups attached to an aromatic ring is 1. The zero-order valence-electron chi connectivity index (χ0n) is 9.57. The normalized spacial score (nSPS) is 10.3. The Kier molecular flexibility index (Phi) is 2.91. The number of hydrogen-bond donors (Lipinski definition) is 1. The largest absolute Gasteiger partial charge is 0.438 e. The molecule has 0 atom stereocenters. The summed E-state index contributed by atoms with van der Waals surface area (Å²) in [5.41, 5.74) is 7.02. The highest BCUT2D eigenvalue weighted by atomic mass is 19.1. The van der Waals surface area contributed by atoms with Crippen molar-refractivity contribution in [3.05, 3.63) is 41.3 Å². The molecule has 1 aromatic carbocycles. The van der Waals surface area contributed by atoms with E-state index < -0.39 is 0 Å². The van der Waals surface area contributed by atoms with Gasteiger partial charge in [-0.15, -0.1) is 0 Å². The lowest BCUT2D eigenvalue weighted by Crippen LogP contribution is -1.99. The number of anilines is 1. The Labute approximate surface area is 98.3 Å². The number of nitrogens with zero attached hydrogens (tertiary/aromatic N) is 2. The molecule has 0 amide bonds. The predicted molar refractivity (Wildman–Crippen MR) is 62.4 cm³/mol. The van der Waals surface area contributed by atoms with Gasteiger partial charge in [-0.25, -0.2) is 9.37 Å². The molecule has 1 heterocycles. The molecule has 88 valence electrons. The molecule has 17 heavy (non-hydrogen) atoms. The summed E-state index contributed by atoms with van der Waals surface area (Å²) < 4.78 is 18.6. The van der Waals surface area contributed by atoms with E-state index in [1.807, 2.05) is 6.92 Å². The van der Waals surface area contributed by atoms with Crippen LogP contribution in [0.3, 0.4) is 0 Å². The first-order chi connectivity index (χ1) is 8.04. The van der Waals surface area contributed by atoms with E-state index in [0.717, 1.165) is 5.56 Å². The maximum atomic E-state index is 13.1. The molecule has 2 rings (SSSR count). The molecule has 0 saturated heterocycles. The van der Waals surface area contributed by atoms with Gasteiger partial charge in [0.25, 0.3) is 0 Å². The molecule has 0 radical (unpaired) electrons. The minimum absolute atomic E-state index is 0.133. The zero-order valence-corrected chi connectivity index (χ0v) is 9.57. The third-order valence-corrected chi connectivity index (χ3v) is 2.21. The Morgan fingerprint density at radius 2 is 1.94 bits per heavy atom. The van der Waals surface area contributed by atoms with Crippen LogP contribution in [0.25, 0.3) is 0 Å². The van der Waals surface area contributed by atoms with Crippen molar-refractivity contribution >= 4 is 5.95 Å². The van der Waals surface area contributed by atoms with Crippen molar-refractivity contribution in [2.45, 2.75) is 13.8 Å². The monoisotopic (exact) mass is 233 g/mol. The van der Waals surface area contributed by atoms with Crippen molar-refractivity contribution in [2.24, 2.45) is 0 Å². The summed E-state index contributed by atoms with van der Waals surface area (Å²) in [6.07, 6.45) is 0. The lowest BCUT2D eigenvalue weighted by molar-refractivity contribution is 0.453. The summed E-state index contributed by atoms with van der Waals surface area (Å²) in [6.45, 7) is 3.61.